The Morgan fingerprint density at radius 1 is 0.957 bits per heavy atom. The average molecular weight is 329 g/mol. The summed E-state index contributed by atoms with van der Waals surface area (Å²) < 4.78 is 5.54. The van der Waals surface area contributed by atoms with Gasteiger partial charge >= 0.3 is 0 Å². The fourth-order valence-corrected chi connectivity index (χ4v) is 2.84. The summed E-state index contributed by atoms with van der Waals surface area (Å²) in [4.78, 5) is 9.22. The molecule has 0 saturated carbocycles. The number of amides is 1. The second kappa shape index (κ2) is 17.7. The predicted molar refractivity (Wildman–Crippen MR) is 98.3 cm³/mol. The van der Waals surface area contributed by atoms with Gasteiger partial charge in [-0.1, -0.05) is 77.6 Å². The molecule has 0 bridgehead atoms. The zero-order valence-electron chi connectivity index (χ0n) is 15.6. The van der Waals surface area contributed by atoms with Gasteiger partial charge in [0.05, 0.1) is 6.61 Å². The summed E-state index contributed by atoms with van der Waals surface area (Å²) in [7, 11) is 0. The molecule has 1 rings (SSSR count). The number of carbonyl (C=O) groups is 1. The van der Waals surface area contributed by atoms with Gasteiger partial charge in [-0.25, -0.2) is 0 Å². The first kappa shape index (κ1) is 22.4. The Bertz CT molecular complexity index is 250. The van der Waals surface area contributed by atoms with Gasteiger partial charge in [0.15, 0.2) is 0 Å². The Hall–Kier alpha value is -0.610. The molecule has 0 spiro atoms. The number of hydrogen-bond acceptors (Lipinski definition) is 3. The van der Waals surface area contributed by atoms with Crippen LogP contribution in [0.1, 0.15) is 97.3 Å². The highest BCUT2D eigenvalue weighted by Gasteiger charge is 2.12. The lowest BCUT2D eigenvalue weighted by atomic mass is 10.0. The fourth-order valence-electron chi connectivity index (χ4n) is 2.84. The summed E-state index contributed by atoms with van der Waals surface area (Å²) in [6.07, 6.45) is 18.7. The lowest BCUT2D eigenvalue weighted by Crippen LogP contribution is -2.21. The van der Waals surface area contributed by atoms with Crippen molar-refractivity contribution in [2.24, 2.45) is 5.73 Å². The monoisotopic (exact) mass is 328 g/mol. The van der Waals surface area contributed by atoms with Gasteiger partial charge in [0.25, 0.3) is 0 Å². The first-order valence-corrected chi connectivity index (χ1v) is 9.77. The first-order valence-electron chi connectivity index (χ1n) is 9.77. The maximum atomic E-state index is 9.22. The quantitative estimate of drug-likeness (QED) is 0.489. The molecule has 1 unspecified atom stereocenters. The summed E-state index contributed by atoms with van der Waals surface area (Å²) in [6.45, 7) is 5.54. The molecular weight excluding hydrogens is 288 g/mol. The smallest absolute Gasteiger partial charge is 0.214 e. The van der Waals surface area contributed by atoms with Crippen LogP contribution in [0.25, 0.3) is 0 Å². The Balaban J connectivity index is 0.00000108. The summed E-state index contributed by atoms with van der Waals surface area (Å²) in [5, 5.41) is 3.37. The van der Waals surface area contributed by atoms with Gasteiger partial charge in [-0.3, -0.25) is 10.1 Å². The molecule has 1 aliphatic rings. The van der Waals surface area contributed by atoms with Gasteiger partial charge in [-0.2, -0.15) is 0 Å². The molecule has 3 N–H and O–H groups in total. The highest BCUT2D eigenvalue weighted by molar-refractivity contribution is 5.70. The molecule has 138 valence electrons. The number of unbranched alkanes of at least 4 members (excludes halogenated alkanes) is 11. The molecule has 4 heteroatoms. The molecular formula is C19H40N2O2. The third-order valence-corrected chi connectivity index (χ3v) is 4.11. The molecule has 0 aromatic rings. The Kier molecular flexibility index (Phi) is 17.3. The lowest BCUT2D eigenvalue weighted by molar-refractivity contribution is -0.115. The Labute approximate surface area is 143 Å². The topological polar surface area (TPSA) is 64.4 Å². The van der Waals surface area contributed by atoms with Crippen LogP contribution in [0, 0.1) is 0 Å². The van der Waals surface area contributed by atoms with Crippen molar-refractivity contribution in [2.45, 2.75) is 104 Å². The van der Waals surface area contributed by atoms with Crippen LogP contribution in [0.15, 0.2) is 0 Å². The predicted octanol–water partition coefficient (Wildman–Crippen LogP) is 4.52. The average Bonchev–Trinajstić information content (AvgIpc) is 3.01. The summed E-state index contributed by atoms with van der Waals surface area (Å²) >= 11 is 0. The van der Waals surface area contributed by atoms with Crippen molar-refractivity contribution in [3.05, 3.63) is 0 Å². The molecule has 0 aromatic carbocycles. The van der Waals surface area contributed by atoms with Crippen molar-refractivity contribution in [3.8, 4) is 0 Å². The van der Waals surface area contributed by atoms with Crippen LogP contribution in [-0.2, 0) is 9.53 Å². The minimum atomic E-state index is -0.333. The highest BCUT2D eigenvalue weighted by atomic mass is 16.5. The first-order chi connectivity index (χ1) is 11.2. The number of hydrogen-bond donors (Lipinski definition) is 2. The van der Waals surface area contributed by atoms with Crippen molar-refractivity contribution in [3.63, 3.8) is 0 Å². The van der Waals surface area contributed by atoms with E-state index in [2.05, 4.69) is 18.0 Å². The van der Waals surface area contributed by atoms with Crippen molar-refractivity contribution in [1.82, 2.24) is 5.32 Å². The summed E-state index contributed by atoms with van der Waals surface area (Å²) in [5.41, 5.74) is 4.47. The zero-order chi connectivity index (χ0) is 17.2. The van der Waals surface area contributed by atoms with Crippen LogP contribution < -0.4 is 11.1 Å². The van der Waals surface area contributed by atoms with Crippen LogP contribution in [0.3, 0.4) is 0 Å². The van der Waals surface area contributed by atoms with Gasteiger partial charge in [-0.05, 0) is 12.8 Å². The molecule has 1 saturated heterocycles. The third-order valence-electron chi connectivity index (χ3n) is 4.11. The minimum absolute atomic E-state index is 0.333. The van der Waals surface area contributed by atoms with E-state index in [1.807, 2.05) is 0 Å². The van der Waals surface area contributed by atoms with E-state index in [0.29, 0.717) is 6.23 Å². The molecule has 0 aromatic heterocycles. The number of nitrogens with two attached hydrogens (primary N) is 1. The van der Waals surface area contributed by atoms with E-state index in [4.69, 9.17) is 4.74 Å². The van der Waals surface area contributed by atoms with Crippen LogP contribution in [0.5, 0.6) is 0 Å². The molecule has 1 heterocycles. The number of rotatable bonds is 13. The second-order valence-corrected chi connectivity index (χ2v) is 6.60. The van der Waals surface area contributed by atoms with Crippen LogP contribution in [-0.4, -0.2) is 25.3 Å². The van der Waals surface area contributed by atoms with Crippen molar-refractivity contribution in [1.29, 1.82) is 0 Å². The maximum absolute atomic E-state index is 9.22. The zero-order valence-corrected chi connectivity index (χ0v) is 15.6. The molecule has 0 aliphatic carbocycles. The number of carbonyl (C=O) groups excluding carboxylic acids is 1. The standard InChI is InChI=1S/C17H35NO.C2H5NO/c1-2-3-4-5-6-7-8-9-10-11-12-13-14-17-18-15-16-19-17;1-2(3)4/h17-18H,2-16H2,1H3;1H3,(H2,3,4). The SMILES string of the molecule is CC(N)=O.CCCCCCCCCCCCCCC1NCCO1. The largest absolute Gasteiger partial charge is 0.370 e. The molecule has 4 nitrogen and oxygen atoms in total. The second-order valence-electron chi connectivity index (χ2n) is 6.60. The molecule has 1 aliphatic heterocycles. The Morgan fingerprint density at radius 2 is 1.39 bits per heavy atom. The van der Waals surface area contributed by atoms with E-state index in [-0.39, 0.29) is 5.91 Å². The van der Waals surface area contributed by atoms with E-state index < -0.39 is 0 Å². The number of nitrogens with one attached hydrogen (secondary N) is 1. The highest BCUT2D eigenvalue weighted by Crippen LogP contribution is 2.13. The molecule has 23 heavy (non-hydrogen) atoms. The van der Waals surface area contributed by atoms with Gasteiger partial charge in [-0.15, -0.1) is 0 Å². The van der Waals surface area contributed by atoms with Crippen LogP contribution in [0.2, 0.25) is 0 Å². The van der Waals surface area contributed by atoms with Crippen molar-refractivity contribution >= 4 is 5.91 Å². The molecule has 1 atom stereocenters. The van der Waals surface area contributed by atoms with Gasteiger partial charge in [0.2, 0.25) is 5.91 Å². The number of ether oxygens (including phenoxy) is 1. The van der Waals surface area contributed by atoms with Crippen molar-refractivity contribution < 1.29 is 9.53 Å². The van der Waals surface area contributed by atoms with Gasteiger partial charge in [0, 0.05) is 13.5 Å². The summed E-state index contributed by atoms with van der Waals surface area (Å²) in [5.74, 6) is -0.333. The minimum Gasteiger partial charge on any atom is -0.370 e. The maximum Gasteiger partial charge on any atom is 0.214 e. The Morgan fingerprint density at radius 3 is 1.78 bits per heavy atom. The molecule has 1 fully saturated rings. The van der Waals surface area contributed by atoms with E-state index in [1.54, 1.807) is 0 Å². The van der Waals surface area contributed by atoms with E-state index in [1.165, 1.54) is 90.4 Å². The van der Waals surface area contributed by atoms with Crippen molar-refractivity contribution in [2.75, 3.05) is 13.2 Å². The van der Waals surface area contributed by atoms with Gasteiger partial charge < -0.3 is 10.5 Å². The fraction of sp³-hybridized carbons (Fsp3) is 0.947. The third kappa shape index (κ3) is 19.3. The molecule has 1 amide bonds. The summed E-state index contributed by atoms with van der Waals surface area (Å²) in [6, 6.07) is 0. The van der Waals surface area contributed by atoms with Crippen LogP contribution in [0.4, 0.5) is 0 Å². The normalized spacial score (nSPS) is 16.9. The lowest BCUT2D eigenvalue weighted by Gasteiger charge is -2.09. The van der Waals surface area contributed by atoms with Gasteiger partial charge in [0.1, 0.15) is 6.23 Å². The van der Waals surface area contributed by atoms with E-state index in [0.717, 1.165) is 13.2 Å². The molecule has 0 radical (unpaired) electrons. The van der Waals surface area contributed by atoms with Crippen LogP contribution >= 0.6 is 0 Å². The number of primary amides is 1. The van der Waals surface area contributed by atoms with E-state index in [9.17, 15) is 4.79 Å². The van der Waals surface area contributed by atoms with E-state index >= 15 is 0 Å².